The van der Waals surface area contributed by atoms with Gasteiger partial charge in [-0.2, -0.15) is 0 Å². The number of fused-ring (bicyclic) bond motifs is 1. The minimum atomic E-state index is -1.06. The first-order valence-corrected chi connectivity index (χ1v) is 7.13. The Balaban J connectivity index is 2.28. The highest BCUT2D eigenvalue weighted by Crippen LogP contribution is 2.28. The number of nitrogens with two attached hydrogens (primary N) is 1. The Bertz CT molecular complexity index is 770. The molecule has 4 nitrogen and oxygen atoms in total. The number of nitrogens with zero attached hydrogens (tertiary/aromatic N) is 1. The predicted octanol–water partition coefficient (Wildman–Crippen LogP) is 2.46. The zero-order valence-corrected chi connectivity index (χ0v) is 12.1. The van der Waals surface area contributed by atoms with Crippen LogP contribution in [0.3, 0.4) is 0 Å². The van der Waals surface area contributed by atoms with Gasteiger partial charge in [-0.15, -0.1) is 0 Å². The Labute approximate surface area is 127 Å². The number of aryl methyl sites for hydroxylation is 1. The second-order valence-electron chi connectivity index (χ2n) is 5.08. The topological polar surface area (TPSA) is 67.5 Å². The predicted molar refractivity (Wildman–Crippen MR) is 84.5 cm³/mol. The lowest BCUT2D eigenvalue weighted by atomic mass is 9.96. The smallest absolute Gasteiger partial charge is 0.263 e. The maximum Gasteiger partial charge on any atom is 0.263 e. The van der Waals surface area contributed by atoms with Crippen LogP contribution < -0.4 is 11.1 Å². The summed E-state index contributed by atoms with van der Waals surface area (Å²) in [5.74, 6) is -0.788. The van der Waals surface area contributed by atoms with Gasteiger partial charge in [0.05, 0.1) is 11.4 Å². The molecule has 0 spiro atoms. The number of benzodiazepines with no additional fused rings is 1. The SMILES string of the molecule is CCc1cccc2c1NC(=O)[C@@H](N)N=C2c1ccccc1F. The fourth-order valence-electron chi connectivity index (χ4n) is 2.57. The average molecular weight is 297 g/mol. The fourth-order valence-corrected chi connectivity index (χ4v) is 2.57. The minimum Gasteiger partial charge on any atom is -0.322 e. The molecule has 1 heterocycles. The molecule has 22 heavy (non-hydrogen) atoms. The van der Waals surface area contributed by atoms with Gasteiger partial charge in [-0.3, -0.25) is 9.79 Å². The molecule has 0 radical (unpaired) electrons. The van der Waals surface area contributed by atoms with Crippen molar-refractivity contribution >= 4 is 17.3 Å². The number of rotatable bonds is 2. The van der Waals surface area contributed by atoms with Crippen molar-refractivity contribution < 1.29 is 9.18 Å². The van der Waals surface area contributed by atoms with Crippen molar-refractivity contribution in [1.29, 1.82) is 0 Å². The number of halogens is 1. The van der Waals surface area contributed by atoms with E-state index < -0.39 is 17.9 Å². The van der Waals surface area contributed by atoms with Gasteiger partial charge in [0.1, 0.15) is 5.82 Å². The number of nitrogens with one attached hydrogen (secondary N) is 1. The van der Waals surface area contributed by atoms with Crippen LogP contribution in [0.15, 0.2) is 47.5 Å². The van der Waals surface area contributed by atoms with E-state index in [1.54, 1.807) is 18.2 Å². The number of anilines is 1. The summed E-state index contributed by atoms with van der Waals surface area (Å²) in [4.78, 5) is 16.3. The van der Waals surface area contributed by atoms with Crippen LogP contribution >= 0.6 is 0 Å². The third-order valence-electron chi connectivity index (χ3n) is 3.70. The van der Waals surface area contributed by atoms with E-state index in [0.29, 0.717) is 22.5 Å². The van der Waals surface area contributed by atoms with Gasteiger partial charge in [-0.05, 0) is 24.1 Å². The molecule has 0 fully saturated rings. The monoisotopic (exact) mass is 297 g/mol. The van der Waals surface area contributed by atoms with E-state index >= 15 is 0 Å². The van der Waals surface area contributed by atoms with Crippen molar-refractivity contribution in [1.82, 2.24) is 0 Å². The van der Waals surface area contributed by atoms with Crippen LogP contribution in [0.25, 0.3) is 0 Å². The van der Waals surface area contributed by atoms with Crippen LogP contribution in [0.4, 0.5) is 10.1 Å². The van der Waals surface area contributed by atoms with E-state index in [-0.39, 0.29) is 0 Å². The normalized spacial score (nSPS) is 17.3. The van der Waals surface area contributed by atoms with Crippen LogP contribution in [0.5, 0.6) is 0 Å². The first-order chi connectivity index (χ1) is 10.6. The molecule has 3 rings (SSSR count). The lowest BCUT2D eigenvalue weighted by Gasteiger charge is -2.14. The van der Waals surface area contributed by atoms with Gasteiger partial charge in [0.15, 0.2) is 6.17 Å². The highest BCUT2D eigenvalue weighted by Gasteiger charge is 2.25. The highest BCUT2D eigenvalue weighted by atomic mass is 19.1. The third-order valence-corrected chi connectivity index (χ3v) is 3.70. The maximum absolute atomic E-state index is 14.2. The molecule has 0 aliphatic carbocycles. The van der Waals surface area contributed by atoms with Crippen molar-refractivity contribution in [2.24, 2.45) is 10.7 Å². The van der Waals surface area contributed by atoms with Gasteiger partial charge in [0.2, 0.25) is 0 Å². The first kappa shape index (κ1) is 14.4. The standard InChI is InChI=1S/C17H16FN3O/c1-2-10-6-5-8-12-14(10)21-17(22)16(19)20-15(12)11-7-3-4-9-13(11)18/h3-9,16H,2,19H2,1H3,(H,21,22)/t16-/m0/s1. The van der Waals surface area contributed by atoms with E-state index in [4.69, 9.17) is 5.73 Å². The van der Waals surface area contributed by atoms with Gasteiger partial charge >= 0.3 is 0 Å². The zero-order chi connectivity index (χ0) is 15.7. The van der Waals surface area contributed by atoms with Gasteiger partial charge in [-0.25, -0.2) is 4.39 Å². The third kappa shape index (κ3) is 2.40. The lowest BCUT2D eigenvalue weighted by molar-refractivity contribution is -0.117. The van der Waals surface area contributed by atoms with E-state index in [9.17, 15) is 9.18 Å². The van der Waals surface area contributed by atoms with Gasteiger partial charge < -0.3 is 11.1 Å². The molecular weight excluding hydrogens is 281 g/mol. The van der Waals surface area contributed by atoms with E-state index in [1.807, 2.05) is 25.1 Å². The number of carbonyl (C=O) groups is 1. The molecule has 1 aliphatic heterocycles. The second-order valence-corrected chi connectivity index (χ2v) is 5.08. The molecule has 5 heteroatoms. The molecule has 3 N–H and O–H groups in total. The summed E-state index contributed by atoms with van der Waals surface area (Å²) in [5, 5.41) is 2.81. The molecule has 1 aliphatic rings. The molecule has 1 amide bonds. The molecule has 0 bridgehead atoms. The number of hydrogen-bond donors (Lipinski definition) is 2. The quantitative estimate of drug-likeness (QED) is 0.894. The van der Waals surface area contributed by atoms with Gasteiger partial charge in [0.25, 0.3) is 5.91 Å². The van der Waals surface area contributed by atoms with Gasteiger partial charge in [-0.1, -0.05) is 37.3 Å². The zero-order valence-electron chi connectivity index (χ0n) is 12.1. The number of carbonyl (C=O) groups excluding carboxylic acids is 1. The van der Waals surface area contributed by atoms with Gasteiger partial charge in [0, 0.05) is 11.1 Å². The summed E-state index contributed by atoms with van der Waals surface area (Å²) in [6.45, 7) is 1.99. The molecule has 0 saturated heterocycles. The Hall–Kier alpha value is -2.53. The molecule has 1 atom stereocenters. The van der Waals surface area contributed by atoms with Crippen LogP contribution in [-0.2, 0) is 11.2 Å². The van der Waals surface area contributed by atoms with Crippen LogP contribution in [0.1, 0.15) is 23.6 Å². The van der Waals surface area contributed by atoms with Crippen molar-refractivity contribution in [3.05, 3.63) is 65.0 Å². The number of hydrogen-bond acceptors (Lipinski definition) is 3. The van der Waals surface area contributed by atoms with E-state index in [2.05, 4.69) is 10.3 Å². The Morgan fingerprint density at radius 3 is 2.64 bits per heavy atom. The largest absolute Gasteiger partial charge is 0.322 e. The molecular formula is C17H16FN3O. The summed E-state index contributed by atoms with van der Waals surface area (Å²) in [6.07, 6.45) is -0.324. The number of aliphatic imine (C=N–C) groups is 1. The molecule has 2 aromatic rings. The summed E-state index contributed by atoms with van der Waals surface area (Å²) in [5.41, 5.74) is 8.84. The number of para-hydroxylation sites is 1. The van der Waals surface area contributed by atoms with Crippen LogP contribution in [0, 0.1) is 5.82 Å². The highest BCUT2D eigenvalue weighted by molar-refractivity contribution is 6.20. The summed E-state index contributed by atoms with van der Waals surface area (Å²) < 4.78 is 14.2. The molecule has 0 unspecified atom stereocenters. The molecule has 2 aromatic carbocycles. The maximum atomic E-state index is 14.2. The van der Waals surface area contributed by atoms with Crippen molar-refractivity contribution in [3.8, 4) is 0 Å². The average Bonchev–Trinajstić information content (AvgIpc) is 2.65. The Morgan fingerprint density at radius 2 is 1.91 bits per heavy atom. The number of benzene rings is 2. The molecule has 0 aromatic heterocycles. The lowest BCUT2D eigenvalue weighted by Crippen LogP contribution is -2.33. The molecule has 112 valence electrons. The Morgan fingerprint density at radius 1 is 1.18 bits per heavy atom. The van der Waals surface area contributed by atoms with Crippen molar-refractivity contribution in [3.63, 3.8) is 0 Å². The van der Waals surface area contributed by atoms with Crippen molar-refractivity contribution in [2.75, 3.05) is 5.32 Å². The second kappa shape index (κ2) is 5.69. The van der Waals surface area contributed by atoms with Crippen molar-refractivity contribution in [2.45, 2.75) is 19.5 Å². The van der Waals surface area contributed by atoms with Crippen LogP contribution in [-0.4, -0.2) is 17.8 Å². The first-order valence-electron chi connectivity index (χ1n) is 7.13. The van der Waals surface area contributed by atoms with E-state index in [1.165, 1.54) is 6.07 Å². The minimum absolute atomic E-state index is 0.337. The summed E-state index contributed by atoms with van der Waals surface area (Å²) in [6, 6.07) is 12.0. The van der Waals surface area contributed by atoms with Crippen LogP contribution in [0.2, 0.25) is 0 Å². The molecule has 0 saturated carbocycles. The summed E-state index contributed by atoms with van der Waals surface area (Å²) in [7, 11) is 0. The fraction of sp³-hybridized carbons (Fsp3) is 0.176. The van der Waals surface area contributed by atoms with E-state index in [0.717, 1.165) is 12.0 Å². The summed E-state index contributed by atoms with van der Waals surface area (Å²) >= 11 is 0. The number of amides is 1. The Kier molecular flexibility index (Phi) is 3.73.